The van der Waals surface area contributed by atoms with Gasteiger partial charge in [0.25, 0.3) is 0 Å². The van der Waals surface area contributed by atoms with Gasteiger partial charge in [-0.15, -0.1) is 0 Å². The van der Waals surface area contributed by atoms with Crippen molar-refractivity contribution in [2.24, 2.45) is 5.92 Å². The van der Waals surface area contributed by atoms with Crippen molar-refractivity contribution in [3.8, 4) is 11.8 Å². The van der Waals surface area contributed by atoms with Crippen molar-refractivity contribution < 1.29 is 4.74 Å². The van der Waals surface area contributed by atoms with Crippen LogP contribution in [0.4, 0.5) is 5.69 Å². The molecule has 0 aromatic heterocycles. The highest BCUT2D eigenvalue weighted by Gasteiger charge is 2.25. The first-order valence-corrected chi connectivity index (χ1v) is 7.70. The second-order valence-corrected chi connectivity index (χ2v) is 5.49. The van der Waals surface area contributed by atoms with Gasteiger partial charge in [0.05, 0.1) is 12.7 Å². The topological polar surface area (TPSA) is 45.0 Å². The lowest BCUT2D eigenvalue weighted by atomic mass is 10.0. The van der Waals surface area contributed by atoms with E-state index >= 15 is 0 Å². The Morgan fingerprint density at radius 1 is 1.40 bits per heavy atom. The largest absolute Gasteiger partial charge is 0.493 e. The average Bonchev–Trinajstić information content (AvgIpc) is 2.91. The Morgan fingerprint density at radius 3 is 3.10 bits per heavy atom. The van der Waals surface area contributed by atoms with E-state index in [4.69, 9.17) is 10.00 Å². The molecule has 0 spiro atoms. The van der Waals surface area contributed by atoms with Gasteiger partial charge in [-0.25, -0.2) is 0 Å². The van der Waals surface area contributed by atoms with Crippen molar-refractivity contribution in [1.82, 2.24) is 0 Å². The van der Waals surface area contributed by atoms with E-state index in [1.54, 1.807) is 0 Å². The molecule has 3 nitrogen and oxygen atoms in total. The fraction of sp³-hybridized carbons (Fsp3) is 0.588. The van der Waals surface area contributed by atoms with Gasteiger partial charge in [-0.3, -0.25) is 0 Å². The van der Waals surface area contributed by atoms with Gasteiger partial charge >= 0.3 is 0 Å². The molecule has 0 saturated heterocycles. The maximum Gasteiger partial charge on any atom is 0.121 e. The standard InChI is InChI=1S/C17H24N2O/c1-2-14-7-5-10-17(14)19-15-8-6-9-16(13-15)20-12-4-3-11-18/h6,8-9,13-14,17,19H,2-5,7,10,12H2,1H3. The molecule has 0 heterocycles. The molecule has 20 heavy (non-hydrogen) atoms. The summed E-state index contributed by atoms with van der Waals surface area (Å²) >= 11 is 0. The molecule has 2 unspecified atom stereocenters. The monoisotopic (exact) mass is 272 g/mol. The molecule has 1 aliphatic carbocycles. The lowest BCUT2D eigenvalue weighted by Gasteiger charge is -2.21. The molecular formula is C17H24N2O. The molecule has 108 valence electrons. The third kappa shape index (κ3) is 4.16. The van der Waals surface area contributed by atoms with Gasteiger partial charge in [0.2, 0.25) is 0 Å². The Bertz CT molecular complexity index is 453. The molecule has 0 amide bonds. The van der Waals surface area contributed by atoms with Crippen LogP contribution in [-0.4, -0.2) is 12.6 Å². The Balaban J connectivity index is 1.87. The zero-order chi connectivity index (χ0) is 14.2. The zero-order valence-corrected chi connectivity index (χ0v) is 12.3. The molecule has 1 aromatic rings. The SMILES string of the molecule is CCC1CCCC1Nc1cccc(OCCCC#N)c1. The number of benzene rings is 1. The van der Waals surface area contributed by atoms with Crippen LogP contribution in [0.3, 0.4) is 0 Å². The molecule has 1 N–H and O–H groups in total. The number of anilines is 1. The summed E-state index contributed by atoms with van der Waals surface area (Å²) in [6.45, 7) is 2.89. The summed E-state index contributed by atoms with van der Waals surface area (Å²) in [5, 5.41) is 12.2. The molecule has 0 aliphatic heterocycles. The smallest absolute Gasteiger partial charge is 0.121 e. The van der Waals surface area contributed by atoms with Crippen LogP contribution < -0.4 is 10.1 Å². The van der Waals surface area contributed by atoms with Crippen molar-refractivity contribution in [2.45, 2.75) is 51.5 Å². The van der Waals surface area contributed by atoms with E-state index in [0.717, 1.165) is 23.8 Å². The summed E-state index contributed by atoms with van der Waals surface area (Å²) in [6, 6.07) is 10.9. The predicted molar refractivity (Wildman–Crippen MR) is 81.8 cm³/mol. The number of unbranched alkanes of at least 4 members (excludes halogenated alkanes) is 1. The van der Waals surface area contributed by atoms with Crippen LogP contribution in [0.5, 0.6) is 5.75 Å². The van der Waals surface area contributed by atoms with Crippen molar-refractivity contribution >= 4 is 5.69 Å². The summed E-state index contributed by atoms with van der Waals surface area (Å²) in [7, 11) is 0. The summed E-state index contributed by atoms with van der Waals surface area (Å²) < 4.78 is 5.68. The Hall–Kier alpha value is -1.69. The molecule has 0 bridgehead atoms. The van der Waals surface area contributed by atoms with Gasteiger partial charge in [0, 0.05) is 24.2 Å². The van der Waals surface area contributed by atoms with Crippen molar-refractivity contribution in [1.29, 1.82) is 5.26 Å². The van der Waals surface area contributed by atoms with E-state index in [1.165, 1.54) is 25.7 Å². The highest BCUT2D eigenvalue weighted by atomic mass is 16.5. The molecular weight excluding hydrogens is 248 g/mol. The quantitative estimate of drug-likeness (QED) is 0.750. The molecule has 3 heteroatoms. The third-order valence-electron chi connectivity index (χ3n) is 4.07. The number of rotatable bonds is 7. The highest BCUT2D eigenvalue weighted by Crippen LogP contribution is 2.31. The number of nitriles is 1. The summed E-state index contributed by atoms with van der Waals surface area (Å²) in [5.74, 6) is 1.69. The molecule has 2 rings (SSSR count). The molecule has 1 aromatic carbocycles. The van der Waals surface area contributed by atoms with E-state index in [2.05, 4.69) is 30.4 Å². The summed E-state index contributed by atoms with van der Waals surface area (Å²) in [6.07, 6.45) is 6.54. The fourth-order valence-electron chi connectivity index (χ4n) is 2.95. The van der Waals surface area contributed by atoms with E-state index in [-0.39, 0.29) is 0 Å². The normalized spacial score (nSPS) is 21.4. The minimum absolute atomic E-state index is 0.554. The van der Waals surface area contributed by atoms with Crippen molar-refractivity contribution in [3.63, 3.8) is 0 Å². The molecule has 1 fully saturated rings. The van der Waals surface area contributed by atoms with Gasteiger partial charge in [-0.05, 0) is 37.3 Å². The van der Waals surface area contributed by atoms with Crippen LogP contribution in [0.25, 0.3) is 0 Å². The van der Waals surface area contributed by atoms with Crippen molar-refractivity contribution in [2.75, 3.05) is 11.9 Å². The minimum atomic E-state index is 0.554. The Morgan fingerprint density at radius 2 is 2.30 bits per heavy atom. The summed E-state index contributed by atoms with van der Waals surface area (Å²) in [4.78, 5) is 0. The van der Waals surface area contributed by atoms with Gasteiger partial charge in [-0.1, -0.05) is 25.8 Å². The van der Waals surface area contributed by atoms with E-state index in [0.29, 0.717) is 19.1 Å². The van der Waals surface area contributed by atoms with Crippen LogP contribution in [0.2, 0.25) is 0 Å². The Kier molecular flexibility index (Phi) is 5.73. The molecule has 1 saturated carbocycles. The van der Waals surface area contributed by atoms with Gasteiger partial charge in [0.1, 0.15) is 5.75 Å². The number of nitrogens with one attached hydrogen (secondary N) is 1. The van der Waals surface area contributed by atoms with E-state index in [1.807, 2.05) is 12.1 Å². The van der Waals surface area contributed by atoms with E-state index in [9.17, 15) is 0 Å². The molecule has 1 aliphatic rings. The molecule has 2 atom stereocenters. The predicted octanol–water partition coefficient (Wildman–Crippen LogP) is 4.36. The highest BCUT2D eigenvalue weighted by molar-refractivity contribution is 5.49. The first kappa shape index (κ1) is 14.7. The second-order valence-electron chi connectivity index (χ2n) is 5.49. The first-order valence-electron chi connectivity index (χ1n) is 7.70. The maximum absolute atomic E-state index is 8.50. The number of hydrogen-bond acceptors (Lipinski definition) is 3. The van der Waals surface area contributed by atoms with Crippen LogP contribution in [0.1, 0.15) is 45.4 Å². The Labute approximate surface area is 121 Å². The van der Waals surface area contributed by atoms with Gasteiger partial charge in [-0.2, -0.15) is 5.26 Å². The van der Waals surface area contributed by atoms with Gasteiger partial charge in [0.15, 0.2) is 0 Å². The number of nitrogens with zero attached hydrogens (tertiary/aromatic N) is 1. The average molecular weight is 272 g/mol. The number of hydrogen-bond donors (Lipinski definition) is 1. The lowest BCUT2D eigenvalue weighted by Crippen LogP contribution is -2.23. The maximum atomic E-state index is 8.50. The first-order chi connectivity index (χ1) is 9.83. The molecule has 0 radical (unpaired) electrons. The fourth-order valence-corrected chi connectivity index (χ4v) is 2.95. The summed E-state index contributed by atoms with van der Waals surface area (Å²) in [5.41, 5.74) is 1.15. The zero-order valence-electron chi connectivity index (χ0n) is 12.3. The van der Waals surface area contributed by atoms with Crippen LogP contribution >= 0.6 is 0 Å². The number of ether oxygens (including phenoxy) is 1. The van der Waals surface area contributed by atoms with Crippen LogP contribution in [0, 0.1) is 17.2 Å². The van der Waals surface area contributed by atoms with Gasteiger partial charge < -0.3 is 10.1 Å². The van der Waals surface area contributed by atoms with Crippen molar-refractivity contribution in [3.05, 3.63) is 24.3 Å². The van der Waals surface area contributed by atoms with E-state index < -0.39 is 0 Å². The van der Waals surface area contributed by atoms with Crippen LogP contribution in [-0.2, 0) is 0 Å². The lowest BCUT2D eigenvalue weighted by molar-refractivity contribution is 0.313. The van der Waals surface area contributed by atoms with Crippen LogP contribution in [0.15, 0.2) is 24.3 Å². The third-order valence-corrected chi connectivity index (χ3v) is 4.07. The minimum Gasteiger partial charge on any atom is -0.493 e. The second kappa shape index (κ2) is 7.79.